The lowest BCUT2D eigenvalue weighted by atomic mass is 10.1. The van der Waals surface area contributed by atoms with Gasteiger partial charge in [-0.2, -0.15) is 0 Å². The number of benzene rings is 5. The Labute approximate surface area is 250 Å². The molecule has 0 radical (unpaired) electrons. The minimum atomic E-state index is -0.729. The predicted molar refractivity (Wildman–Crippen MR) is 166 cm³/mol. The zero-order valence-corrected chi connectivity index (χ0v) is 24.4. The molecule has 4 nitrogen and oxygen atoms in total. The number of fused-ring (bicyclic) bond motifs is 3. The van der Waals surface area contributed by atoms with E-state index in [0.29, 0.717) is 22.7 Å². The molecule has 41 heavy (non-hydrogen) atoms. The van der Waals surface area contributed by atoms with Crippen molar-refractivity contribution in [3.05, 3.63) is 130 Å². The molecule has 0 unspecified atom stereocenters. The highest BCUT2D eigenvalue weighted by Crippen LogP contribution is 2.37. The first-order chi connectivity index (χ1) is 20.0. The second kappa shape index (κ2) is 10.3. The monoisotopic (exact) mass is 666 g/mol. The molecule has 2 heterocycles. The Morgan fingerprint density at radius 2 is 0.902 bits per heavy atom. The summed E-state index contributed by atoms with van der Waals surface area (Å²) >= 11 is 7.05. The summed E-state index contributed by atoms with van der Waals surface area (Å²) in [7, 11) is 0. The van der Waals surface area contributed by atoms with E-state index < -0.39 is 11.6 Å². The molecular weight excluding hydrogens is 650 g/mol. The third-order valence-corrected chi connectivity index (χ3v) is 7.87. The highest BCUT2D eigenvalue weighted by molar-refractivity contribution is 9.10. The van der Waals surface area contributed by atoms with Crippen LogP contribution < -0.4 is 0 Å². The number of hydrogen-bond acceptors (Lipinski definition) is 3. The molecule has 5 aromatic carbocycles. The van der Waals surface area contributed by atoms with Gasteiger partial charge < -0.3 is 4.57 Å². The number of rotatable bonds is 4. The third-order valence-electron chi connectivity index (χ3n) is 6.89. The first-order valence-electron chi connectivity index (χ1n) is 12.7. The standard InChI is InChI=1S/C33H18Br2F2N4/c34-22-11-13-28-24(17-22)25-18-23(35)12-14-29(25)41(28)30-26(36)15-21(16-27(30)37)33-39-31(19-7-3-1-4-8-19)38-32(40-33)20-9-5-2-6-10-20/h1-18H. The van der Waals surface area contributed by atoms with Crippen molar-refractivity contribution in [1.82, 2.24) is 19.5 Å². The van der Waals surface area contributed by atoms with Gasteiger partial charge in [-0.25, -0.2) is 23.7 Å². The molecule has 0 bridgehead atoms. The smallest absolute Gasteiger partial charge is 0.164 e. The quantitative estimate of drug-likeness (QED) is 0.188. The van der Waals surface area contributed by atoms with Crippen LogP contribution in [0.15, 0.2) is 118 Å². The highest BCUT2D eigenvalue weighted by atomic mass is 79.9. The van der Waals surface area contributed by atoms with Crippen LogP contribution in [0.5, 0.6) is 0 Å². The largest absolute Gasteiger partial charge is 0.304 e. The molecule has 7 rings (SSSR count). The van der Waals surface area contributed by atoms with Crippen LogP contribution in [-0.4, -0.2) is 19.5 Å². The highest BCUT2D eigenvalue weighted by Gasteiger charge is 2.22. The van der Waals surface area contributed by atoms with Gasteiger partial charge in [-0.3, -0.25) is 0 Å². The van der Waals surface area contributed by atoms with E-state index in [2.05, 4.69) is 46.8 Å². The van der Waals surface area contributed by atoms with Crippen LogP contribution in [0.1, 0.15) is 0 Å². The summed E-state index contributed by atoms with van der Waals surface area (Å²) in [6, 6.07) is 32.8. The van der Waals surface area contributed by atoms with E-state index in [1.54, 1.807) is 4.57 Å². The molecular formula is C33H18Br2F2N4. The number of hydrogen-bond donors (Lipinski definition) is 0. The Hall–Kier alpha value is -4.27. The van der Waals surface area contributed by atoms with E-state index in [1.165, 1.54) is 12.1 Å². The molecule has 0 saturated carbocycles. The van der Waals surface area contributed by atoms with Crippen LogP contribution >= 0.6 is 31.9 Å². The molecule has 0 spiro atoms. The van der Waals surface area contributed by atoms with Crippen molar-refractivity contribution in [2.24, 2.45) is 0 Å². The second-order valence-electron chi connectivity index (χ2n) is 9.49. The molecule has 0 N–H and O–H groups in total. The molecule has 0 aliphatic heterocycles. The van der Waals surface area contributed by atoms with E-state index in [-0.39, 0.29) is 17.1 Å². The van der Waals surface area contributed by atoms with E-state index in [4.69, 9.17) is 0 Å². The van der Waals surface area contributed by atoms with Crippen LogP contribution in [0.2, 0.25) is 0 Å². The lowest BCUT2D eigenvalue weighted by Gasteiger charge is -2.13. The Morgan fingerprint density at radius 1 is 0.488 bits per heavy atom. The van der Waals surface area contributed by atoms with Crippen molar-refractivity contribution in [2.45, 2.75) is 0 Å². The number of nitrogens with zero attached hydrogens (tertiary/aromatic N) is 4. The van der Waals surface area contributed by atoms with Gasteiger partial charge in [-0.05, 0) is 48.5 Å². The normalized spacial score (nSPS) is 11.4. The summed E-state index contributed by atoms with van der Waals surface area (Å²) in [6.07, 6.45) is 0. The zero-order chi connectivity index (χ0) is 28.1. The van der Waals surface area contributed by atoms with Gasteiger partial charge in [0.1, 0.15) is 5.69 Å². The Bertz CT molecular complexity index is 1950. The fraction of sp³-hybridized carbons (Fsp3) is 0. The van der Waals surface area contributed by atoms with Crippen LogP contribution in [0.25, 0.3) is 61.7 Å². The topological polar surface area (TPSA) is 43.6 Å². The van der Waals surface area contributed by atoms with Crippen LogP contribution in [0, 0.1) is 11.6 Å². The van der Waals surface area contributed by atoms with Gasteiger partial charge >= 0.3 is 0 Å². The molecule has 8 heteroatoms. The van der Waals surface area contributed by atoms with Gasteiger partial charge in [0.25, 0.3) is 0 Å². The van der Waals surface area contributed by atoms with Crippen molar-refractivity contribution < 1.29 is 8.78 Å². The lowest BCUT2D eigenvalue weighted by molar-refractivity contribution is 0.573. The van der Waals surface area contributed by atoms with Gasteiger partial charge in [-0.1, -0.05) is 92.5 Å². The summed E-state index contributed by atoms with van der Waals surface area (Å²) in [5.74, 6) is -0.451. The number of halogens is 4. The average molecular weight is 668 g/mol. The van der Waals surface area contributed by atoms with E-state index in [1.807, 2.05) is 97.1 Å². The van der Waals surface area contributed by atoms with Crippen LogP contribution in [-0.2, 0) is 0 Å². The molecule has 0 aliphatic rings. The maximum atomic E-state index is 16.1. The summed E-state index contributed by atoms with van der Waals surface area (Å²) < 4.78 is 35.5. The summed E-state index contributed by atoms with van der Waals surface area (Å²) in [5, 5.41) is 1.74. The fourth-order valence-electron chi connectivity index (χ4n) is 5.05. The first-order valence-corrected chi connectivity index (χ1v) is 14.3. The average Bonchev–Trinajstić information content (AvgIpc) is 3.29. The molecule has 2 aromatic heterocycles. The maximum absolute atomic E-state index is 16.1. The fourth-order valence-corrected chi connectivity index (χ4v) is 5.78. The first kappa shape index (κ1) is 25.7. The Kier molecular flexibility index (Phi) is 6.44. The minimum absolute atomic E-state index is 0.168. The Morgan fingerprint density at radius 3 is 1.34 bits per heavy atom. The van der Waals surface area contributed by atoms with Gasteiger partial charge in [0, 0.05) is 36.4 Å². The SMILES string of the molecule is Fc1cc(-c2nc(-c3ccccc3)nc(-c3ccccc3)n2)cc(F)c1-n1c2ccc(Br)cc2c2cc(Br)ccc21. The molecule has 0 amide bonds. The molecule has 0 atom stereocenters. The molecule has 0 saturated heterocycles. The predicted octanol–water partition coefficient (Wildman–Crippen LogP) is 9.77. The molecule has 198 valence electrons. The Balaban J connectivity index is 1.44. The summed E-state index contributed by atoms with van der Waals surface area (Å²) in [4.78, 5) is 13.9. The van der Waals surface area contributed by atoms with Crippen molar-refractivity contribution >= 4 is 53.7 Å². The van der Waals surface area contributed by atoms with Gasteiger partial charge in [0.15, 0.2) is 29.1 Å². The molecule has 0 fully saturated rings. The van der Waals surface area contributed by atoms with Crippen LogP contribution in [0.4, 0.5) is 8.78 Å². The third kappa shape index (κ3) is 4.63. The van der Waals surface area contributed by atoms with Crippen molar-refractivity contribution in [1.29, 1.82) is 0 Å². The van der Waals surface area contributed by atoms with Gasteiger partial charge in [0.05, 0.1) is 11.0 Å². The minimum Gasteiger partial charge on any atom is -0.304 e. The van der Waals surface area contributed by atoms with Crippen molar-refractivity contribution in [3.63, 3.8) is 0 Å². The zero-order valence-electron chi connectivity index (χ0n) is 21.2. The van der Waals surface area contributed by atoms with Crippen molar-refractivity contribution in [2.75, 3.05) is 0 Å². The summed E-state index contributed by atoms with van der Waals surface area (Å²) in [5.41, 5.74) is 2.96. The van der Waals surface area contributed by atoms with Crippen molar-refractivity contribution in [3.8, 4) is 39.9 Å². The second-order valence-corrected chi connectivity index (χ2v) is 11.3. The van der Waals surface area contributed by atoms with Gasteiger partial charge in [0.2, 0.25) is 0 Å². The molecule has 0 aliphatic carbocycles. The maximum Gasteiger partial charge on any atom is 0.164 e. The molecule has 7 aromatic rings. The number of aromatic nitrogens is 4. The van der Waals surface area contributed by atoms with E-state index in [0.717, 1.165) is 30.8 Å². The van der Waals surface area contributed by atoms with E-state index >= 15 is 8.78 Å². The van der Waals surface area contributed by atoms with E-state index in [9.17, 15) is 0 Å². The summed E-state index contributed by atoms with van der Waals surface area (Å²) in [6.45, 7) is 0. The van der Waals surface area contributed by atoms with Crippen LogP contribution in [0.3, 0.4) is 0 Å². The van der Waals surface area contributed by atoms with Gasteiger partial charge in [-0.15, -0.1) is 0 Å². The lowest BCUT2D eigenvalue weighted by Crippen LogP contribution is -2.04.